The van der Waals surface area contributed by atoms with Crippen LogP contribution < -0.4 is 4.74 Å². The molecule has 1 aliphatic rings. The molecule has 1 saturated heterocycles. The van der Waals surface area contributed by atoms with Crippen LogP contribution in [-0.4, -0.2) is 23.5 Å². The van der Waals surface area contributed by atoms with E-state index in [0.717, 1.165) is 41.2 Å². The summed E-state index contributed by atoms with van der Waals surface area (Å²) in [4.78, 5) is 7.20. The molecule has 1 aliphatic heterocycles. The lowest BCUT2D eigenvalue weighted by molar-refractivity contribution is 0.244. The highest BCUT2D eigenvalue weighted by atomic mass is 32.1. The fraction of sp³-hybridized carbons (Fsp3) is 0.316. The number of fused-ring (bicyclic) bond motifs is 1. The molecule has 1 atom stereocenters. The lowest BCUT2D eigenvalue weighted by Gasteiger charge is -2.23. The zero-order valence-corrected chi connectivity index (χ0v) is 14.4. The van der Waals surface area contributed by atoms with Gasteiger partial charge >= 0.3 is 0 Å². The summed E-state index contributed by atoms with van der Waals surface area (Å²) in [5.41, 5.74) is 1.96. The van der Waals surface area contributed by atoms with E-state index >= 15 is 0 Å². The molecule has 0 unspecified atom stereocenters. The number of benzene rings is 2. The first-order valence-corrected chi connectivity index (χ1v) is 8.98. The van der Waals surface area contributed by atoms with Gasteiger partial charge in [-0.15, -0.1) is 11.3 Å². The van der Waals surface area contributed by atoms with E-state index < -0.39 is 0 Å². The molecule has 3 nitrogen and oxygen atoms in total. The van der Waals surface area contributed by atoms with Crippen molar-refractivity contribution in [3.63, 3.8) is 0 Å². The lowest BCUT2D eigenvalue weighted by atomic mass is 10.1. The van der Waals surface area contributed by atoms with E-state index in [-0.39, 0.29) is 5.82 Å². The maximum atomic E-state index is 13.6. The van der Waals surface area contributed by atoms with Crippen molar-refractivity contribution in [2.24, 2.45) is 0 Å². The van der Waals surface area contributed by atoms with Gasteiger partial charge in [-0.05, 0) is 49.7 Å². The monoisotopic (exact) mass is 342 g/mol. The van der Waals surface area contributed by atoms with Gasteiger partial charge in [0.2, 0.25) is 0 Å². The molecule has 2 heterocycles. The highest BCUT2D eigenvalue weighted by Crippen LogP contribution is 2.38. The number of nitrogens with zero attached hydrogens (tertiary/aromatic N) is 2. The van der Waals surface area contributed by atoms with Crippen LogP contribution in [0.25, 0.3) is 10.2 Å². The molecule has 24 heavy (non-hydrogen) atoms. The average Bonchev–Trinajstić information content (AvgIpc) is 3.21. The van der Waals surface area contributed by atoms with Gasteiger partial charge in [0.15, 0.2) is 0 Å². The fourth-order valence-electron chi connectivity index (χ4n) is 3.42. The summed E-state index contributed by atoms with van der Waals surface area (Å²) < 4.78 is 20.3. The molecular weight excluding hydrogens is 323 g/mol. The van der Waals surface area contributed by atoms with Gasteiger partial charge in [0.1, 0.15) is 16.6 Å². The summed E-state index contributed by atoms with van der Waals surface area (Å²) in [7, 11) is 1.63. The molecule has 0 bridgehead atoms. The Balaban J connectivity index is 1.62. The standard InChI is InChI=1S/C19H19FN2OS/c1-23-17-9-8-14(20)11-13(17)12-22-10-4-6-16(22)19-21-15-5-2-3-7-18(15)24-19/h2-3,5,7-9,11,16H,4,6,10,12H2,1H3/t16-/m0/s1. The molecule has 124 valence electrons. The number of thiazole rings is 1. The quantitative estimate of drug-likeness (QED) is 0.682. The SMILES string of the molecule is COc1ccc(F)cc1CN1CCC[C@H]1c1nc2ccccc2s1. The Morgan fingerprint density at radius 1 is 1.29 bits per heavy atom. The number of methoxy groups -OCH3 is 1. The molecule has 5 heteroatoms. The highest BCUT2D eigenvalue weighted by molar-refractivity contribution is 7.18. The van der Waals surface area contributed by atoms with Crippen LogP contribution in [0.1, 0.15) is 29.5 Å². The summed E-state index contributed by atoms with van der Waals surface area (Å²) in [6.45, 7) is 1.68. The minimum absolute atomic E-state index is 0.221. The Bertz CT molecular complexity index is 830. The summed E-state index contributed by atoms with van der Waals surface area (Å²) >= 11 is 1.76. The van der Waals surface area contributed by atoms with Crippen LogP contribution in [0, 0.1) is 5.82 Å². The highest BCUT2D eigenvalue weighted by Gasteiger charge is 2.29. The normalized spacial score (nSPS) is 18.3. The molecule has 2 aromatic carbocycles. The molecule has 1 aromatic heterocycles. The first kappa shape index (κ1) is 15.5. The van der Waals surface area contributed by atoms with E-state index in [2.05, 4.69) is 17.0 Å². The first-order valence-electron chi connectivity index (χ1n) is 8.16. The smallest absolute Gasteiger partial charge is 0.123 e. The number of halogens is 1. The van der Waals surface area contributed by atoms with Gasteiger partial charge in [0.05, 0.1) is 23.4 Å². The minimum atomic E-state index is -0.221. The van der Waals surface area contributed by atoms with Gasteiger partial charge in [0, 0.05) is 12.1 Å². The van der Waals surface area contributed by atoms with Crippen LogP contribution in [0.5, 0.6) is 5.75 Å². The predicted octanol–water partition coefficient (Wildman–Crippen LogP) is 4.78. The third kappa shape index (κ3) is 2.89. The third-order valence-corrected chi connectivity index (χ3v) is 5.71. The first-order chi connectivity index (χ1) is 11.7. The molecule has 1 fully saturated rings. The van der Waals surface area contributed by atoms with E-state index in [1.54, 1.807) is 30.6 Å². The molecule has 0 saturated carbocycles. The summed E-state index contributed by atoms with van der Waals surface area (Å²) in [5, 5.41) is 1.16. The summed E-state index contributed by atoms with van der Waals surface area (Å²) in [5.74, 6) is 0.521. The molecule has 0 radical (unpaired) electrons. The molecule has 0 aliphatic carbocycles. The van der Waals surface area contributed by atoms with E-state index in [1.165, 1.54) is 10.8 Å². The van der Waals surface area contributed by atoms with Crippen LogP contribution in [-0.2, 0) is 6.54 Å². The maximum Gasteiger partial charge on any atom is 0.123 e. The summed E-state index contributed by atoms with van der Waals surface area (Å²) in [6.07, 6.45) is 2.23. The van der Waals surface area contributed by atoms with Gasteiger partial charge < -0.3 is 4.74 Å². The Hall–Kier alpha value is -1.98. The number of rotatable bonds is 4. The van der Waals surface area contributed by atoms with Gasteiger partial charge in [-0.25, -0.2) is 9.37 Å². The fourth-order valence-corrected chi connectivity index (χ4v) is 4.55. The number of hydrogen-bond acceptors (Lipinski definition) is 4. The van der Waals surface area contributed by atoms with E-state index in [9.17, 15) is 4.39 Å². The zero-order valence-electron chi connectivity index (χ0n) is 13.5. The van der Waals surface area contributed by atoms with Crippen molar-refractivity contribution < 1.29 is 9.13 Å². The van der Waals surface area contributed by atoms with Crippen molar-refractivity contribution in [1.29, 1.82) is 0 Å². The second-order valence-corrected chi connectivity index (χ2v) is 7.17. The number of para-hydroxylation sites is 1. The number of hydrogen-bond donors (Lipinski definition) is 0. The molecule has 0 spiro atoms. The number of aromatic nitrogens is 1. The number of likely N-dealkylation sites (tertiary alicyclic amines) is 1. The van der Waals surface area contributed by atoms with Crippen molar-refractivity contribution >= 4 is 21.6 Å². The van der Waals surface area contributed by atoms with Crippen molar-refractivity contribution in [2.75, 3.05) is 13.7 Å². The summed E-state index contributed by atoms with van der Waals surface area (Å²) in [6, 6.07) is 13.3. The van der Waals surface area contributed by atoms with Gasteiger partial charge in [-0.2, -0.15) is 0 Å². The topological polar surface area (TPSA) is 25.4 Å². The second-order valence-electron chi connectivity index (χ2n) is 6.10. The van der Waals surface area contributed by atoms with Gasteiger partial charge in [-0.3, -0.25) is 4.90 Å². The molecule has 0 N–H and O–H groups in total. The molecular formula is C19H19FN2OS. The minimum Gasteiger partial charge on any atom is -0.496 e. The van der Waals surface area contributed by atoms with Crippen molar-refractivity contribution in [3.8, 4) is 5.75 Å². The van der Waals surface area contributed by atoms with E-state index in [4.69, 9.17) is 9.72 Å². The van der Waals surface area contributed by atoms with Crippen LogP contribution in [0.4, 0.5) is 4.39 Å². The van der Waals surface area contributed by atoms with Crippen LogP contribution in [0.3, 0.4) is 0 Å². The Morgan fingerprint density at radius 3 is 3.00 bits per heavy atom. The van der Waals surface area contributed by atoms with Crippen LogP contribution >= 0.6 is 11.3 Å². The third-order valence-electron chi connectivity index (χ3n) is 4.58. The van der Waals surface area contributed by atoms with Crippen molar-refractivity contribution in [1.82, 2.24) is 9.88 Å². The second kappa shape index (κ2) is 6.49. The zero-order chi connectivity index (χ0) is 16.5. The molecule has 3 aromatic rings. The van der Waals surface area contributed by atoms with Crippen LogP contribution in [0.2, 0.25) is 0 Å². The Kier molecular flexibility index (Phi) is 4.21. The van der Waals surface area contributed by atoms with E-state index in [0.29, 0.717) is 12.6 Å². The molecule has 0 amide bonds. The largest absolute Gasteiger partial charge is 0.496 e. The number of ether oxygens (including phenoxy) is 1. The van der Waals surface area contributed by atoms with Crippen LogP contribution in [0.15, 0.2) is 42.5 Å². The Morgan fingerprint density at radius 2 is 2.17 bits per heavy atom. The van der Waals surface area contributed by atoms with Gasteiger partial charge in [-0.1, -0.05) is 12.1 Å². The Labute approximate surface area is 144 Å². The average molecular weight is 342 g/mol. The lowest BCUT2D eigenvalue weighted by Crippen LogP contribution is -2.23. The maximum absolute atomic E-state index is 13.6. The van der Waals surface area contributed by atoms with E-state index in [1.807, 2.05) is 12.1 Å². The molecule has 4 rings (SSSR count). The van der Waals surface area contributed by atoms with Crippen molar-refractivity contribution in [2.45, 2.75) is 25.4 Å². The predicted molar refractivity (Wildman–Crippen MR) is 95.0 cm³/mol. The van der Waals surface area contributed by atoms with Crippen molar-refractivity contribution in [3.05, 3.63) is 58.9 Å². The van der Waals surface area contributed by atoms with Gasteiger partial charge in [0.25, 0.3) is 0 Å².